The minimum atomic E-state index is -0.665. The maximum atomic E-state index is 13.3. The zero-order valence-corrected chi connectivity index (χ0v) is 21.9. The number of amides is 2. The fourth-order valence-electron chi connectivity index (χ4n) is 4.00. The van der Waals surface area contributed by atoms with Crippen LogP contribution in [0, 0.1) is 5.41 Å². The normalized spacial score (nSPS) is 16.1. The van der Waals surface area contributed by atoms with Gasteiger partial charge in [0, 0.05) is 17.5 Å². The lowest BCUT2D eigenvalue weighted by Crippen LogP contribution is -2.55. The maximum Gasteiger partial charge on any atom is 0.247 e. The third kappa shape index (κ3) is 5.11. The molecule has 1 aliphatic rings. The molecule has 0 spiro atoms. The molecule has 0 radical (unpaired) electrons. The summed E-state index contributed by atoms with van der Waals surface area (Å²) < 4.78 is 5.46. The van der Waals surface area contributed by atoms with Crippen LogP contribution >= 0.6 is 11.3 Å². The highest BCUT2D eigenvalue weighted by molar-refractivity contribution is 7.18. The molecule has 1 atom stereocenters. The van der Waals surface area contributed by atoms with Crippen molar-refractivity contribution in [3.63, 3.8) is 0 Å². The number of para-hydroxylation sites is 2. The lowest BCUT2D eigenvalue weighted by atomic mass is 9.96. The van der Waals surface area contributed by atoms with Crippen molar-refractivity contribution in [3.05, 3.63) is 65.0 Å². The average Bonchev–Trinajstić information content (AvgIpc) is 3.27. The molecule has 0 saturated carbocycles. The number of aromatic nitrogens is 1. The summed E-state index contributed by atoms with van der Waals surface area (Å²) >= 11 is 1.19. The molecule has 2 heterocycles. The molecule has 4 rings (SSSR count). The number of rotatable bonds is 6. The minimum absolute atomic E-state index is 0.0848. The SMILES string of the molecule is COc1ccccc1N1C(=O)CN(c2nc(NC(=O)C(C)(C)C)c(C(=O)c3ccccc3)s2)CC1C. The molecule has 1 unspecified atom stereocenters. The van der Waals surface area contributed by atoms with Gasteiger partial charge in [-0.2, -0.15) is 0 Å². The van der Waals surface area contributed by atoms with Crippen molar-refractivity contribution in [2.45, 2.75) is 33.7 Å². The van der Waals surface area contributed by atoms with E-state index in [-0.39, 0.29) is 36.0 Å². The Labute approximate surface area is 214 Å². The van der Waals surface area contributed by atoms with Crippen molar-refractivity contribution in [3.8, 4) is 5.75 Å². The van der Waals surface area contributed by atoms with E-state index in [9.17, 15) is 14.4 Å². The Bertz CT molecular complexity index is 1280. The van der Waals surface area contributed by atoms with Gasteiger partial charge in [-0.25, -0.2) is 4.98 Å². The van der Waals surface area contributed by atoms with Crippen LogP contribution in [0.5, 0.6) is 5.75 Å². The average molecular weight is 507 g/mol. The lowest BCUT2D eigenvalue weighted by molar-refractivity contribution is -0.123. The molecule has 0 aliphatic carbocycles. The second-order valence-corrected chi connectivity index (χ2v) is 10.7. The number of thiazole rings is 1. The predicted octanol–water partition coefficient (Wildman–Crippen LogP) is 4.61. The fourth-order valence-corrected chi connectivity index (χ4v) is 4.99. The second-order valence-electron chi connectivity index (χ2n) is 9.74. The Balaban J connectivity index is 1.66. The van der Waals surface area contributed by atoms with Gasteiger partial charge in [-0.3, -0.25) is 14.4 Å². The topological polar surface area (TPSA) is 91.8 Å². The first-order chi connectivity index (χ1) is 17.1. The van der Waals surface area contributed by atoms with Crippen molar-refractivity contribution in [2.75, 3.05) is 35.3 Å². The summed E-state index contributed by atoms with van der Waals surface area (Å²) in [6.07, 6.45) is 0. The van der Waals surface area contributed by atoms with E-state index in [1.54, 1.807) is 57.0 Å². The van der Waals surface area contributed by atoms with Gasteiger partial charge in [0.05, 0.1) is 25.4 Å². The first kappa shape index (κ1) is 25.4. The molecule has 8 nitrogen and oxygen atoms in total. The van der Waals surface area contributed by atoms with Crippen LogP contribution in [0.25, 0.3) is 0 Å². The number of hydrogen-bond acceptors (Lipinski definition) is 7. The summed E-state index contributed by atoms with van der Waals surface area (Å²) in [5.41, 5.74) is 0.556. The number of methoxy groups -OCH3 is 1. The van der Waals surface area contributed by atoms with Gasteiger partial charge in [0.2, 0.25) is 17.6 Å². The van der Waals surface area contributed by atoms with Crippen molar-refractivity contribution < 1.29 is 19.1 Å². The number of carbonyl (C=O) groups is 3. The molecule has 2 aromatic carbocycles. The number of carbonyl (C=O) groups excluding carboxylic acids is 3. The molecule has 2 amide bonds. The molecule has 9 heteroatoms. The van der Waals surface area contributed by atoms with E-state index in [1.807, 2.05) is 42.2 Å². The molecule has 0 bridgehead atoms. The van der Waals surface area contributed by atoms with Crippen molar-refractivity contribution in [1.82, 2.24) is 4.98 Å². The van der Waals surface area contributed by atoms with Gasteiger partial charge in [-0.05, 0) is 19.1 Å². The Kier molecular flexibility index (Phi) is 7.12. The van der Waals surface area contributed by atoms with Crippen LogP contribution in [0.15, 0.2) is 54.6 Å². The van der Waals surface area contributed by atoms with E-state index < -0.39 is 5.41 Å². The van der Waals surface area contributed by atoms with Gasteiger partial charge in [-0.1, -0.05) is 74.6 Å². The molecular weight excluding hydrogens is 476 g/mol. The number of nitrogens with zero attached hydrogens (tertiary/aromatic N) is 3. The summed E-state index contributed by atoms with van der Waals surface area (Å²) in [6, 6.07) is 16.1. The summed E-state index contributed by atoms with van der Waals surface area (Å²) in [5, 5.41) is 3.35. The predicted molar refractivity (Wildman–Crippen MR) is 142 cm³/mol. The highest BCUT2D eigenvalue weighted by atomic mass is 32.1. The van der Waals surface area contributed by atoms with E-state index in [1.165, 1.54) is 11.3 Å². The monoisotopic (exact) mass is 506 g/mol. The van der Waals surface area contributed by atoms with E-state index in [0.29, 0.717) is 27.9 Å². The summed E-state index contributed by atoms with van der Waals surface area (Å²) in [4.78, 5) is 47.9. The van der Waals surface area contributed by atoms with Gasteiger partial charge in [-0.15, -0.1) is 0 Å². The van der Waals surface area contributed by atoms with Gasteiger partial charge < -0.3 is 19.9 Å². The molecular formula is C27H30N4O4S. The van der Waals surface area contributed by atoms with Gasteiger partial charge in [0.25, 0.3) is 0 Å². The van der Waals surface area contributed by atoms with Crippen LogP contribution in [0.1, 0.15) is 42.9 Å². The molecule has 188 valence electrons. The Morgan fingerprint density at radius 1 is 1.08 bits per heavy atom. The number of piperazine rings is 1. The Hall–Kier alpha value is -3.72. The van der Waals surface area contributed by atoms with E-state index in [2.05, 4.69) is 10.3 Å². The highest BCUT2D eigenvalue weighted by Crippen LogP contribution is 2.36. The molecule has 1 fully saturated rings. The number of ether oxygens (including phenoxy) is 1. The van der Waals surface area contributed by atoms with Crippen molar-refractivity contribution >= 4 is 45.6 Å². The smallest absolute Gasteiger partial charge is 0.247 e. The van der Waals surface area contributed by atoms with E-state index >= 15 is 0 Å². The van der Waals surface area contributed by atoms with Crippen LogP contribution < -0.4 is 19.9 Å². The number of hydrogen-bond donors (Lipinski definition) is 1. The van der Waals surface area contributed by atoms with Crippen LogP contribution in [-0.2, 0) is 9.59 Å². The van der Waals surface area contributed by atoms with Crippen LogP contribution in [0.2, 0.25) is 0 Å². The Morgan fingerprint density at radius 3 is 2.39 bits per heavy atom. The first-order valence-electron chi connectivity index (χ1n) is 11.7. The maximum absolute atomic E-state index is 13.3. The molecule has 1 aromatic heterocycles. The molecule has 3 aromatic rings. The van der Waals surface area contributed by atoms with E-state index in [0.717, 1.165) is 5.69 Å². The number of nitrogens with one attached hydrogen (secondary N) is 1. The van der Waals surface area contributed by atoms with Crippen LogP contribution in [0.4, 0.5) is 16.6 Å². The largest absolute Gasteiger partial charge is 0.495 e. The summed E-state index contributed by atoms with van der Waals surface area (Å²) in [7, 11) is 1.58. The lowest BCUT2D eigenvalue weighted by Gasteiger charge is -2.39. The summed E-state index contributed by atoms with van der Waals surface area (Å²) in [5.74, 6) is 0.270. The van der Waals surface area contributed by atoms with Gasteiger partial charge in [0.1, 0.15) is 10.6 Å². The number of benzene rings is 2. The second kappa shape index (κ2) is 10.1. The van der Waals surface area contributed by atoms with Crippen LogP contribution in [0.3, 0.4) is 0 Å². The number of anilines is 3. The van der Waals surface area contributed by atoms with Crippen molar-refractivity contribution in [1.29, 1.82) is 0 Å². The first-order valence-corrected chi connectivity index (χ1v) is 12.5. The zero-order chi connectivity index (χ0) is 26.0. The van der Waals surface area contributed by atoms with Gasteiger partial charge in [0.15, 0.2) is 10.9 Å². The van der Waals surface area contributed by atoms with Gasteiger partial charge >= 0.3 is 0 Å². The quantitative estimate of drug-likeness (QED) is 0.491. The third-order valence-electron chi connectivity index (χ3n) is 5.91. The molecule has 36 heavy (non-hydrogen) atoms. The zero-order valence-electron chi connectivity index (χ0n) is 21.1. The summed E-state index contributed by atoms with van der Waals surface area (Å²) in [6.45, 7) is 7.94. The Morgan fingerprint density at radius 2 is 1.75 bits per heavy atom. The number of ketones is 1. The van der Waals surface area contributed by atoms with E-state index in [4.69, 9.17) is 4.74 Å². The van der Waals surface area contributed by atoms with Crippen LogP contribution in [-0.4, -0.2) is 48.8 Å². The molecule has 1 aliphatic heterocycles. The highest BCUT2D eigenvalue weighted by Gasteiger charge is 2.35. The molecule has 1 N–H and O–H groups in total. The molecule has 1 saturated heterocycles. The fraction of sp³-hybridized carbons (Fsp3) is 0.333. The minimum Gasteiger partial charge on any atom is -0.495 e. The standard InChI is InChI=1S/C27H30N4O4S/c1-17-15-30(16-21(32)31(17)19-13-9-10-14-20(19)35-5)26-29-24(28-25(34)27(2,3)4)23(36-26)22(33)18-11-7-6-8-12-18/h6-14,17H,15-16H2,1-5H3,(H,28,34). The van der Waals surface area contributed by atoms with Crippen molar-refractivity contribution in [2.24, 2.45) is 5.41 Å². The third-order valence-corrected chi connectivity index (χ3v) is 7.02.